The molecule has 0 aliphatic carbocycles. The summed E-state index contributed by atoms with van der Waals surface area (Å²) in [6, 6.07) is 4.40. The molecule has 1 atom stereocenters. The van der Waals surface area contributed by atoms with Gasteiger partial charge in [0.25, 0.3) is 5.91 Å². The monoisotopic (exact) mass is 321 g/mol. The van der Waals surface area contributed by atoms with Crippen LogP contribution in [0.15, 0.2) is 24.3 Å². The highest BCUT2D eigenvalue weighted by molar-refractivity contribution is 5.84. The van der Waals surface area contributed by atoms with Crippen LogP contribution < -0.4 is 14.8 Å². The van der Waals surface area contributed by atoms with E-state index >= 15 is 0 Å². The number of ether oxygens (including phenoxy) is 2. The highest BCUT2D eigenvalue weighted by Crippen LogP contribution is 2.28. The first-order chi connectivity index (χ1) is 10.9. The van der Waals surface area contributed by atoms with Crippen molar-refractivity contribution in [3.63, 3.8) is 0 Å². The fourth-order valence-electron chi connectivity index (χ4n) is 1.97. The smallest absolute Gasteiger partial charge is 0.326 e. The lowest BCUT2D eigenvalue weighted by atomic mass is 10.1. The van der Waals surface area contributed by atoms with E-state index in [1.807, 2.05) is 25.1 Å². The number of carbonyl (C=O) groups is 2. The van der Waals surface area contributed by atoms with Gasteiger partial charge >= 0.3 is 5.97 Å². The Morgan fingerprint density at radius 2 is 2.00 bits per heavy atom. The number of allylic oxidation sites excluding steroid dienone is 1. The number of nitrogens with one attached hydrogen (secondary N) is 1. The van der Waals surface area contributed by atoms with Gasteiger partial charge in [0.2, 0.25) is 0 Å². The van der Waals surface area contributed by atoms with Gasteiger partial charge in [-0.05, 0) is 30.5 Å². The summed E-state index contributed by atoms with van der Waals surface area (Å²) in [6.45, 7) is 5.08. The lowest BCUT2D eigenvalue weighted by Gasteiger charge is -2.18. The zero-order chi connectivity index (χ0) is 17.4. The van der Waals surface area contributed by atoms with Gasteiger partial charge in [-0.25, -0.2) is 4.79 Å². The van der Waals surface area contributed by atoms with Crippen LogP contribution in [0.3, 0.4) is 0 Å². The summed E-state index contributed by atoms with van der Waals surface area (Å²) in [5.41, 5.74) is 0.951. The molecule has 23 heavy (non-hydrogen) atoms. The summed E-state index contributed by atoms with van der Waals surface area (Å²) in [6.07, 6.45) is 3.82. The number of carboxylic acids is 1. The lowest BCUT2D eigenvalue weighted by Crippen LogP contribution is -2.46. The zero-order valence-corrected chi connectivity index (χ0v) is 13.8. The number of amides is 1. The van der Waals surface area contributed by atoms with Crippen LogP contribution in [0.5, 0.6) is 11.5 Å². The van der Waals surface area contributed by atoms with Crippen LogP contribution in [0, 0.1) is 5.92 Å². The van der Waals surface area contributed by atoms with Gasteiger partial charge in [-0.15, -0.1) is 0 Å². The fourth-order valence-corrected chi connectivity index (χ4v) is 1.97. The van der Waals surface area contributed by atoms with E-state index in [0.29, 0.717) is 11.5 Å². The van der Waals surface area contributed by atoms with Crippen LogP contribution in [0.1, 0.15) is 26.3 Å². The van der Waals surface area contributed by atoms with Gasteiger partial charge in [-0.2, -0.15) is 0 Å². The lowest BCUT2D eigenvalue weighted by molar-refractivity contribution is -0.143. The van der Waals surface area contributed by atoms with Crippen molar-refractivity contribution in [3.8, 4) is 11.5 Å². The highest BCUT2D eigenvalue weighted by Gasteiger charge is 2.23. The van der Waals surface area contributed by atoms with E-state index in [0.717, 1.165) is 5.56 Å². The second kappa shape index (κ2) is 8.82. The van der Waals surface area contributed by atoms with E-state index in [1.54, 1.807) is 26.0 Å². The number of methoxy groups -OCH3 is 1. The standard InChI is InChI=1S/C17H23NO5/c1-5-6-12-7-8-13(14(9-12)22-4)23-10-15(19)18-16(11(2)3)17(20)21/h5-9,11,16H,10H2,1-4H3,(H,18,19)(H,20,21)/b6-5+/t16-/m0/s1. The van der Waals surface area contributed by atoms with Gasteiger partial charge in [-0.1, -0.05) is 32.1 Å². The van der Waals surface area contributed by atoms with Crippen molar-refractivity contribution in [2.75, 3.05) is 13.7 Å². The molecule has 0 aliphatic heterocycles. The van der Waals surface area contributed by atoms with Crippen LogP contribution in [-0.2, 0) is 9.59 Å². The maximum Gasteiger partial charge on any atom is 0.326 e. The zero-order valence-electron chi connectivity index (χ0n) is 13.8. The summed E-state index contributed by atoms with van der Waals surface area (Å²) in [4.78, 5) is 22.9. The topological polar surface area (TPSA) is 84.9 Å². The molecule has 1 rings (SSSR count). The third-order valence-corrected chi connectivity index (χ3v) is 3.15. The molecule has 0 saturated carbocycles. The predicted molar refractivity (Wildman–Crippen MR) is 87.6 cm³/mol. The molecule has 0 spiro atoms. The van der Waals surface area contributed by atoms with E-state index in [1.165, 1.54) is 7.11 Å². The van der Waals surface area contributed by atoms with Gasteiger partial charge in [-0.3, -0.25) is 4.79 Å². The fraction of sp³-hybridized carbons (Fsp3) is 0.412. The third-order valence-electron chi connectivity index (χ3n) is 3.15. The first-order valence-corrected chi connectivity index (χ1v) is 7.34. The number of rotatable bonds is 8. The van der Waals surface area contributed by atoms with Crippen molar-refractivity contribution in [3.05, 3.63) is 29.8 Å². The summed E-state index contributed by atoms with van der Waals surface area (Å²) < 4.78 is 10.7. The number of hydrogen-bond donors (Lipinski definition) is 2. The van der Waals surface area contributed by atoms with E-state index in [-0.39, 0.29) is 12.5 Å². The van der Waals surface area contributed by atoms with Gasteiger partial charge in [0, 0.05) is 0 Å². The Hall–Kier alpha value is -2.50. The van der Waals surface area contributed by atoms with Crippen LogP contribution >= 0.6 is 0 Å². The predicted octanol–water partition coefficient (Wildman–Crippen LogP) is 2.33. The van der Waals surface area contributed by atoms with Crippen molar-refractivity contribution >= 4 is 18.0 Å². The molecule has 0 bridgehead atoms. The molecule has 1 aromatic rings. The second-order valence-corrected chi connectivity index (χ2v) is 5.33. The molecule has 6 heteroatoms. The van der Waals surface area contributed by atoms with E-state index in [4.69, 9.17) is 14.6 Å². The number of aliphatic carboxylic acids is 1. The third kappa shape index (κ3) is 5.65. The van der Waals surface area contributed by atoms with Crippen molar-refractivity contribution in [2.24, 2.45) is 5.92 Å². The summed E-state index contributed by atoms with van der Waals surface area (Å²) in [5.74, 6) is -0.849. The Morgan fingerprint density at radius 1 is 1.30 bits per heavy atom. The molecule has 0 heterocycles. The molecule has 0 saturated heterocycles. The molecule has 1 aromatic carbocycles. The van der Waals surface area contributed by atoms with Crippen molar-refractivity contribution < 1.29 is 24.2 Å². The molecule has 126 valence electrons. The maximum absolute atomic E-state index is 11.9. The van der Waals surface area contributed by atoms with Crippen LogP contribution in [0.2, 0.25) is 0 Å². The Bertz CT molecular complexity index is 580. The molecule has 0 radical (unpaired) electrons. The molecular weight excluding hydrogens is 298 g/mol. The number of carbonyl (C=O) groups excluding carboxylic acids is 1. The average Bonchev–Trinajstić information content (AvgIpc) is 2.50. The average molecular weight is 321 g/mol. The van der Waals surface area contributed by atoms with Gasteiger partial charge in [0.15, 0.2) is 18.1 Å². The van der Waals surface area contributed by atoms with E-state index in [2.05, 4.69) is 5.32 Å². The summed E-state index contributed by atoms with van der Waals surface area (Å²) in [7, 11) is 1.51. The summed E-state index contributed by atoms with van der Waals surface area (Å²) in [5, 5.41) is 11.5. The number of carboxylic acid groups (broad SMARTS) is 1. The minimum absolute atomic E-state index is 0.217. The Balaban J connectivity index is 2.70. The molecule has 2 N–H and O–H groups in total. The molecule has 0 aromatic heterocycles. The van der Waals surface area contributed by atoms with Crippen molar-refractivity contribution in [1.82, 2.24) is 5.32 Å². The van der Waals surface area contributed by atoms with E-state index in [9.17, 15) is 9.59 Å². The van der Waals surface area contributed by atoms with Gasteiger partial charge in [0.1, 0.15) is 6.04 Å². The minimum Gasteiger partial charge on any atom is -0.493 e. The normalized spacial score (nSPS) is 12.2. The second-order valence-electron chi connectivity index (χ2n) is 5.33. The van der Waals surface area contributed by atoms with Crippen LogP contribution in [0.25, 0.3) is 6.08 Å². The van der Waals surface area contributed by atoms with Crippen LogP contribution in [-0.4, -0.2) is 36.7 Å². The first-order valence-electron chi connectivity index (χ1n) is 7.34. The maximum atomic E-state index is 11.9. The first kappa shape index (κ1) is 18.5. The van der Waals surface area contributed by atoms with Crippen molar-refractivity contribution in [1.29, 1.82) is 0 Å². The highest BCUT2D eigenvalue weighted by atomic mass is 16.5. The molecule has 1 amide bonds. The Kier molecular flexibility index (Phi) is 7.12. The molecule has 0 unspecified atom stereocenters. The van der Waals surface area contributed by atoms with Crippen LogP contribution in [0.4, 0.5) is 0 Å². The van der Waals surface area contributed by atoms with E-state index < -0.39 is 17.9 Å². The van der Waals surface area contributed by atoms with Gasteiger partial charge in [0.05, 0.1) is 7.11 Å². The number of hydrogen-bond acceptors (Lipinski definition) is 4. The Labute approximate surface area is 136 Å². The van der Waals surface area contributed by atoms with Crippen molar-refractivity contribution in [2.45, 2.75) is 26.8 Å². The largest absolute Gasteiger partial charge is 0.493 e. The molecular formula is C17H23NO5. The molecule has 0 aliphatic rings. The molecule has 6 nitrogen and oxygen atoms in total. The quantitative estimate of drug-likeness (QED) is 0.767. The number of benzene rings is 1. The minimum atomic E-state index is -1.07. The molecule has 0 fully saturated rings. The summed E-state index contributed by atoms with van der Waals surface area (Å²) >= 11 is 0. The SMILES string of the molecule is C/C=C/c1ccc(OCC(=O)N[C@H](C(=O)O)C(C)C)c(OC)c1. The Morgan fingerprint density at radius 3 is 2.52 bits per heavy atom. The van der Waals surface area contributed by atoms with Gasteiger partial charge < -0.3 is 19.9 Å².